The van der Waals surface area contributed by atoms with E-state index in [9.17, 15) is 0 Å². The Balaban J connectivity index is 0.000000963. The van der Waals surface area contributed by atoms with Crippen molar-refractivity contribution < 1.29 is 0 Å². The van der Waals surface area contributed by atoms with Crippen molar-refractivity contribution in [3.05, 3.63) is 16.1 Å². The van der Waals surface area contributed by atoms with Crippen LogP contribution in [0, 0.1) is 18.8 Å². The third kappa shape index (κ3) is 2.40. The molecule has 5 heteroatoms. The van der Waals surface area contributed by atoms with Gasteiger partial charge in [-0.25, -0.2) is 4.98 Å². The van der Waals surface area contributed by atoms with Crippen molar-refractivity contribution in [1.29, 1.82) is 0 Å². The van der Waals surface area contributed by atoms with Gasteiger partial charge in [0, 0.05) is 25.0 Å². The zero-order valence-electron chi connectivity index (χ0n) is 9.48. The van der Waals surface area contributed by atoms with Crippen LogP contribution in [-0.4, -0.2) is 36.1 Å². The molecule has 16 heavy (non-hydrogen) atoms. The summed E-state index contributed by atoms with van der Waals surface area (Å²) in [5.74, 6) is 1.79. The van der Waals surface area contributed by atoms with E-state index in [4.69, 9.17) is 0 Å². The van der Waals surface area contributed by atoms with Crippen molar-refractivity contribution in [3.8, 4) is 0 Å². The third-order valence-electron chi connectivity index (χ3n) is 3.52. The minimum atomic E-state index is 0. The molecule has 0 aliphatic carbocycles. The molecule has 2 aliphatic heterocycles. The Morgan fingerprint density at radius 2 is 2.12 bits per heavy atom. The molecule has 1 aromatic heterocycles. The number of hydrogen-bond donors (Lipinski definition) is 1. The summed E-state index contributed by atoms with van der Waals surface area (Å²) in [7, 11) is 0. The molecule has 0 radical (unpaired) electrons. The molecule has 2 fully saturated rings. The first-order chi connectivity index (χ1) is 7.31. The number of nitrogens with zero attached hydrogens (tertiary/aromatic N) is 2. The summed E-state index contributed by atoms with van der Waals surface area (Å²) < 4.78 is 0. The molecular formula is C11H18ClN3S. The summed E-state index contributed by atoms with van der Waals surface area (Å²) in [5.41, 5.74) is 1.26. The minimum Gasteiger partial charge on any atom is -0.316 e. The number of thiazole rings is 1. The van der Waals surface area contributed by atoms with E-state index < -0.39 is 0 Å². The number of aryl methyl sites for hydroxylation is 1. The van der Waals surface area contributed by atoms with Gasteiger partial charge in [-0.3, -0.25) is 4.90 Å². The first-order valence-corrected chi connectivity index (χ1v) is 6.53. The van der Waals surface area contributed by atoms with Gasteiger partial charge < -0.3 is 5.32 Å². The van der Waals surface area contributed by atoms with Crippen LogP contribution in [0.1, 0.15) is 10.7 Å². The van der Waals surface area contributed by atoms with Crippen LogP contribution in [-0.2, 0) is 6.54 Å². The second-order valence-electron chi connectivity index (χ2n) is 4.73. The van der Waals surface area contributed by atoms with E-state index in [1.807, 2.05) is 0 Å². The molecular weight excluding hydrogens is 242 g/mol. The summed E-state index contributed by atoms with van der Waals surface area (Å²) in [4.78, 5) is 7.09. The van der Waals surface area contributed by atoms with Crippen LogP contribution in [0.5, 0.6) is 0 Å². The number of hydrogen-bond acceptors (Lipinski definition) is 4. The lowest BCUT2D eigenvalue weighted by Crippen LogP contribution is -2.25. The fraction of sp³-hybridized carbons (Fsp3) is 0.727. The number of halogens is 1. The Labute approximate surface area is 107 Å². The van der Waals surface area contributed by atoms with Crippen molar-refractivity contribution in [3.63, 3.8) is 0 Å². The van der Waals surface area contributed by atoms with Crippen molar-refractivity contribution >= 4 is 23.7 Å². The molecule has 90 valence electrons. The average molecular weight is 260 g/mol. The summed E-state index contributed by atoms with van der Waals surface area (Å²) in [6, 6.07) is 0. The summed E-state index contributed by atoms with van der Waals surface area (Å²) in [5, 5.41) is 6.85. The Morgan fingerprint density at radius 3 is 2.69 bits per heavy atom. The maximum atomic E-state index is 4.53. The van der Waals surface area contributed by atoms with Gasteiger partial charge in [-0.05, 0) is 31.8 Å². The van der Waals surface area contributed by atoms with Gasteiger partial charge in [-0.15, -0.1) is 23.7 Å². The van der Waals surface area contributed by atoms with Crippen molar-refractivity contribution in [2.75, 3.05) is 26.2 Å². The molecule has 0 bridgehead atoms. The largest absolute Gasteiger partial charge is 0.316 e. The first kappa shape index (κ1) is 12.3. The number of aromatic nitrogens is 1. The second-order valence-corrected chi connectivity index (χ2v) is 5.79. The summed E-state index contributed by atoms with van der Waals surface area (Å²) in [6.45, 7) is 8.09. The molecule has 0 spiro atoms. The predicted octanol–water partition coefficient (Wildman–Crippen LogP) is 1.52. The Hall–Kier alpha value is -0.160. The van der Waals surface area contributed by atoms with E-state index in [2.05, 4.69) is 27.5 Å². The lowest BCUT2D eigenvalue weighted by Gasteiger charge is -2.14. The van der Waals surface area contributed by atoms with Gasteiger partial charge in [0.05, 0.1) is 10.7 Å². The van der Waals surface area contributed by atoms with Gasteiger partial charge in [0.1, 0.15) is 0 Å². The highest BCUT2D eigenvalue weighted by molar-refractivity contribution is 7.09. The molecule has 3 rings (SSSR count). The highest BCUT2D eigenvalue weighted by atomic mass is 35.5. The molecule has 3 heterocycles. The highest BCUT2D eigenvalue weighted by Crippen LogP contribution is 2.27. The van der Waals surface area contributed by atoms with Crippen LogP contribution in [0.15, 0.2) is 5.38 Å². The highest BCUT2D eigenvalue weighted by Gasteiger charge is 2.35. The monoisotopic (exact) mass is 259 g/mol. The molecule has 0 unspecified atom stereocenters. The zero-order valence-corrected chi connectivity index (χ0v) is 11.1. The standard InChI is InChI=1S/C11H17N3S.ClH/c1-8-13-11(7-15-8)6-14-4-9-2-12-3-10(9)5-14;/h7,9-10,12H,2-6H2,1H3;1H/t9-,10+;. The van der Waals surface area contributed by atoms with Crippen molar-refractivity contribution in [1.82, 2.24) is 15.2 Å². The normalized spacial score (nSPS) is 29.1. The molecule has 0 saturated carbocycles. The first-order valence-electron chi connectivity index (χ1n) is 5.65. The molecule has 2 atom stereocenters. The molecule has 3 nitrogen and oxygen atoms in total. The topological polar surface area (TPSA) is 28.2 Å². The fourth-order valence-corrected chi connectivity index (χ4v) is 3.40. The van der Waals surface area contributed by atoms with Crippen molar-refractivity contribution in [2.45, 2.75) is 13.5 Å². The van der Waals surface area contributed by atoms with E-state index >= 15 is 0 Å². The Kier molecular flexibility index (Phi) is 3.85. The van der Waals surface area contributed by atoms with E-state index in [0.29, 0.717) is 0 Å². The quantitative estimate of drug-likeness (QED) is 0.873. The molecule has 0 aromatic carbocycles. The molecule has 0 amide bonds. The second kappa shape index (κ2) is 5.00. The van der Waals surface area contributed by atoms with Gasteiger partial charge in [-0.1, -0.05) is 0 Å². The van der Waals surface area contributed by atoms with E-state index in [1.165, 1.54) is 36.9 Å². The summed E-state index contributed by atoms with van der Waals surface area (Å²) in [6.07, 6.45) is 0. The average Bonchev–Trinajstić information content (AvgIpc) is 2.81. The SMILES string of the molecule is Cc1nc(CN2C[C@H]3CNC[C@H]3C2)cs1.Cl. The maximum Gasteiger partial charge on any atom is 0.0897 e. The van der Waals surface area contributed by atoms with Gasteiger partial charge in [-0.2, -0.15) is 0 Å². The summed E-state index contributed by atoms with van der Waals surface area (Å²) >= 11 is 1.76. The van der Waals surface area contributed by atoms with E-state index in [0.717, 1.165) is 18.4 Å². The molecule has 2 aliphatic rings. The minimum absolute atomic E-state index is 0. The zero-order chi connectivity index (χ0) is 10.3. The molecule has 1 N–H and O–H groups in total. The number of nitrogens with one attached hydrogen (secondary N) is 1. The van der Waals surface area contributed by atoms with Crippen molar-refractivity contribution in [2.24, 2.45) is 11.8 Å². The smallest absolute Gasteiger partial charge is 0.0897 e. The lowest BCUT2D eigenvalue weighted by atomic mass is 10.0. The Morgan fingerprint density at radius 1 is 1.44 bits per heavy atom. The third-order valence-corrected chi connectivity index (χ3v) is 4.34. The van der Waals surface area contributed by atoms with Crippen LogP contribution in [0.4, 0.5) is 0 Å². The number of rotatable bonds is 2. The van der Waals surface area contributed by atoms with E-state index in [-0.39, 0.29) is 12.4 Å². The maximum absolute atomic E-state index is 4.53. The van der Waals surface area contributed by atoms with Crippen LogP contribution in [0.3, 0.4) is 0 Å². The predicted molar refractivity (Wildman–Crippen MR) is 69.2 cm³/mol. The Bertz CT molecular complexity index is 343. The van der Waals surface area contributed by atoms with Crippen LogP contribution in [0.2, 0.25) is 0 Å². The number of likely N-dealkylation sites (tertiary alicyclic amines) is 1. The van der Waals surface area contributed by atoms with Crippen LogP contribution < -0.4 is 5.32 Å². The van der Waals surface area contributed by atoms with Crippen LogP contribution in [0.25, 0.3) is 0 Å². The molecule has 2 saturated heterocycles. The van der Waals surface area contributed by atoms with Gasteiger partial charge in [0.2, 0.25) is 0 Å². The van der Waals surface area contributed by atoms with Gasteiger partial charge >= 0.3 is 0 Å². The van der Waals surface area contributed by atoms with Gasteiger partial charge in [0.25, 0.3) is 0 Å². The number of fused-ring (bicyclic) bond motifs is 1. The molecule has 1 aromatic rings. The van der Waals surface area contributed by atoms with Crippen LogP contribution >= 0.6 is 23.7 Å². The van der Waals surface area contributed by atoms with E-state index in [1.54, 1.807) is 11.3 Å². The lowest BCUT2D eigenvalue weighted by molar-refractivity contribution is 0.302. The van der Waals surface area contributed by atoms with Gasteiger partial charge in [0.15, 0.2) is 0 Å². The fourth-order valence-electron chi connectivity index (χ4n) is 2.79.